The molecule has 1 saturated heterocycles. The molecular formula is C24H38N4O2S. The van der Waals surface area contributed by atoms with Gasteiger partial charge >= 0.3 is 0 Å². The molecule has 7 heteroatoms. The first-order valence-electron chi connectivity index (χ1n) is 11.7. The summed E-state index contributed by atoms with van der Waals surface area (Å²) in [6.07, 6.45) is 5.26. The molecule has 1 aliphatic carbocycles. The number of ether oxygens (including phenoxy) is 1. The number of benzene rings is 1. The Balaban J connectivity index is 1.81. The van der Waals surface area contributed by atoms with Gasteiger partial charge in [0.2, 0.25) is 5.76 Å². The molecule has 1 heterocycles. The van der Waals surface area contributed by atoms with Gasteiger partial charge in [-0.15, -0.1) is 0 Å². The van der Waals surface area contributed by atoms with Gasteiger partial charge in [-0.25, -0.2) is 4.31 Å². The van der Waals surface area contributed by atoms with Gasteiger partial charge in [-0.2, -0.15) is 0 Å². The summed E-state index contributed by atoms with van der Waals surface area (Å²) in [5.74, 6) is 0.220. The Bertz CT molecular complexity index is 754. The molecule has 172 valence electrons. The van der Waals surface area contributed by atoms with Crippen molar-refractivity contribution in [3.63, 3.8) is 0 Å². The van der Waals surface area contributed by atoms with Gasteiger partial charge in [-0.1, -0.05) is 50.9 Å². The highest BCUT2D eigenvalue weighted by Gasteiger charge is 2.28. The van der Waals surface area contributed by atoms with Gasteiger partial charge in [0, 0.05) is 43.7 Å². The largest absolute Gasteiger partial charge is 0.483 e. The number of amides is 1. The summed E-state index contributed by atoms with van der Waals surface area (Å²) in [6.45, 7) is 10.4. The quantitative estimate of drug-likeness (QED) is 0.340. The first kappa shape index (κ1) is 24.0. The number of hydrogen-bond donors (Lipinski definition) is 2. The van der Waals surface area contributed by atoms with Crippen LogP contribution in [0.4, 0.5) is 5.69 Å². The van der Waals surface area contributed by atoms with E-state index in [0.717, 1.165) is 75.2 Å². The van der Waals surface area contributed by atoms with E-state index in [-0.39, 0.29) is 12.0 Å². The molecule has 0 unspecified atom stereocenters. The zero-order valence-corrected chi connectivity index (χ0v) is 20.0. The van der Waals surface area contributed by atoms with Gasteiger partial charge in [0.05, 0.1) is 11.8 Å². The molecule has 1 aromatic carbocycles. The van der Waals surface area contributed by atoms with E-state index < -0.39 is 0 Å². The van der Waals surface area contributed by atoms with Gasteiger partial charge in [-0.3, -0.25) is 4.79 Å². The summed E-state index contributed by atoms with van der Waals surface area (Å²) in [6, 6.07) is 7.95. The lowest BCUT2D eigenvalue weighted by Gasteiger charge is -2.37. The van der Waals surface area contributed by atoms with Crippen LogP contribution in [0.1, 0.15) is 52.0 Å². The van der Waals surface area contributed by atoms with Crippen LogP contribution in [0.3, 0.4) is 0 Å². The summed E-state index contributed by atoms with van der Waals surface area (Å²) in [5, 5.41) is 3.68. The lowest BCUT2D eigenvalue weighted by molar-refractivity contribution is -0.117. The molecule has 1 amide bonds. The third-order valence-corrected chi connectivity index (χ3v) is 6.96. The maximum atomic E-state index is 13.4. The van der Waals surface area contributed by atoms with Crippen LogP contribution in [0.25, 0.3) is 0 Å². The zero-order chi connectivity index (χ0) is 22.2. The molecule has 1 aromatic rings. The van der Waals surface area contributed by atoms with Crippen LogP contribution in [0.5, 0.6) is 0 Å². The van der Waals surface area contributed by atoms with E-state index in [1.807, 2.05) is 36.2 Å². The molecule has 2 aliphatic rings. The molecule has 0 aromatic heterocycles. The number of nitrogens with two attached hydrogens (primary N) is 1. The number of piperazine rings is 1. The zero-order valence-electron chi connectivity index (χ0n) is 19.2. The van der Waals surface area contributed by atoms with Crippen molar-refractivity contribution < 1.29 is 9.53 Å². The molecule has 0 bridgehead atoms. The summed E-state index contributed by atoms with van der Waals surface area (Å²) >= 11 is 1.89. The van der Waals surface area contributed by atoms with Crippen molar-refractivity contribution in [1.82, 2.24) is 9.21 Å². The molecule has 3 N–H and O–H groups in total. The molecule has 3 rings (SSSR count). The fourth-order valence-electron chi connectivity index (χ4n) is 4.28. The molecule has 6 nitrogen and oxygen atoms in total. The van der Waals surface area contributed by atoms with E-state index in [1.165, 1.54) is 0 Å². The number of carbonyl (C=O) groups excluding carboxylic acids is 1. The van der Waals surface area contributed by atoms with Crippen molar-refractivity contribution >= 4 is 23.5 Å². The Morgan fingerprint density at radius 2 is 1.87 bits per heavy atom. The van der Waals surface area contributed by atoms with Crippen molar-refractivity contribution in [2.24, 2.45) is 5.73 Å². The second-order valence-electron chi connectivity index (χ2n) is 8.54. The van der Waals surface area contributed by atoms with E-state index in [1.54, 1.807) is 0 Å². The van der Waals surface area contributed by atoms with Crippen molar-refractivity contribution in [2.75, 3.05) is 38.0 Å². The highest BCUT2D eigenvalue weighted by Crippen LogP contribution is 2.27. The van der Waals surface area contributed by atoms with Crippen LogP contribution in [0.15, 0.2) is 35.7 Å². The van der Waals surface area contributed by atoms with Crippen LogP contribution in [0, 0.1) is 0 Å². The number of rotatable bonds is 9. The number of para-hydroxylation sites is 1. The van der Waals surface area contributed by atoms with Crippen LogP contribution in [0.2, 0.25) is 0 Å². The monoisotopic (exact) mass is 446 g/mol. The third kappa shape index (κ3) is 6.64. The summed E-state index contributed by atoms with van der Waals surface area (Å²) in [4.78, 5) is 15.7. The molecule has 31 heavy (non-hydrogen) atoms. The molecule has 1 aliphatic heterocycles. The molecular weight excluding hydrogens is 408 g/mol. The van der Waals surface area contributed by atoms with Crippen LogP contribution >= 0.6 is 11.9 Å². The summed E-state index contributed by atoms with van der Waals surface area (Å²) in [5.41, 5.74) is 8.99. The van der Waals surface area contributed by atoms with E-state index in [9.17, 15) is 4.79 Å². The Morgan fingerprint density at radius 3 is 2.48 bits per heavy atom. The minimum absolute atomic E-state index is 0.0986. The van der Waals surface area contributed by atoms with Crippen LogP contribution < -0.4 is 11.1 Å². The highest BCUT2D eigenvalue weighted by atomic mass is 32.2. The molecule has 2 fully saturated rings. The Labute approximate surface area is 191 Å². The number of hydrogen-bond acceptors (Lipinski definition) is 6. The normalized spacial score (nSPS) is 18.9. The van der Waals surface area contributed by atoms with Crippen LogP contribution in [-0.4, -0.2) is 59.2 Å². The van der Waals surface area contributed by atoms with Crippen molar-refractivity contribution in [1.29, 1.82) is 0 Å². The molecule has 0 spiro atoms. The van der Waals surface area contributed by atoms with Crippen molar-refractivity contribution in [3.05, 3.63) is 41.3 Å². The minimum Gasteiger partial charge on any atom is -0.483 e. The van der Waals surface area contributed by atoms with Gasteiger partial charge in [0.25, 0.3) is 5.91 Å². The molecule has 0 radical (unpaired) electrons. The van der Waals surface area contributed by atoms with E-state index in [0.29, 0.717) is 17.6 Å². The van der Waals surface area contributed by atoms with Gasteiger partial charge < -0.3 is 20.7 Å². The molecule has 1 saturated carbocycles. The number of anilines is 1. The number of nitrogens with zero attached hydrogens (tertiary/aromatic N) is 2. The lowest BCUT2D eigenvalue weighted by atomic mass is 10.1. The predicted molar refractivity (Wildman–Crippen MR) is 130 cm³/mol. The molecule has 0 atom stereocenters. The fraction of sp³-hybridized carbons (Fsp3) is 0.625. The van der Waals surface area contributed by atoms with E-state index in [4.69, 9.17) is 10.5 Å². The van der Waals surface area contributed by atoms with Gasteiger partial charge in [0.15, 0.2) is 0 Å². The Morgan fingerprint density at radius 1 is 1.19 bits per heavy atom. The maximum Gasteiger partial charge on any atom is 0.292 e. The number of nitrogens with one attached hydrogen (secondary N) is 1. The Kier molecular flexibility index (Phi) is 9.11. The smallest absolute Gasteiger partial charge is 0.292 e. The predicted octanol–water partition coefficient (Wildman–Crippen LogP) is 3.99. The number of carbonyl (C=O) groups is 1. The first-order chi connectivity index (χ1) is 15.0. The topological polar surface area (TPSA) is 70.8 Å². The Hall–Kier alpha value is -1.70. The second-order valence-corrected chi connectivity index (χ2v) is 10.2. The highest BCUT2D eigenvalue weighted by molar-refractivity contribution is 7.97. The average Bonchev–Trinajstić information content (AvgIpc) is 3.28. The van der Waals surface area contributed by atoms with E-state index in [2.05, 4.69) is 35.3 Å². The number of aryl methyl sites for hydroxylation is 1. The minimum atomic E-state index is -0.188. The van der Waals surface area contributed by atoms with E-state index >= 15 is 0 Å². The lowest BCUT2D eigenvalue weighted by Crippen LogP contribution is -2.45. The first-order valence-corrected chi connectivity index (χ1v) is 12.5. The SMILES string of the molecule is CCc1ccccc1NC(=O)/C(OC1CCCC1)=C(\CN)N1CCN(SC(C)C)CC1. The third-order valence-electron chi connectivity index (χ3n) is 5.88. The summed E-state index contributed by atoms with van der Waals surface area (Å²) in [7, 11) is 0. The fourth-order valence-corrected chi connectivity index (χ4v) is 5.25. The van der Waals surface area contributed by atoms with Crippen LogP contribution in [-0.2, 0) is 16.0 Å². The standard InChI is InChI=1S/C24H38N4O2S/c1-4-19-9-5-8-12-21(19)26-24(29)23(30-20-10-6-7-11-20)22(17-25)27-13-15-28(16-14-27)31-18(2)3/h5,8-9,12,18,20H,4,6-7,10-11,13-17,25H2,1-3H3,(H,26,29)/b23-22-. The maximum absolute atomic E-state index is 13.4. The second kappa shape index (κ2) is 11.8. The van der Waals surface area contributed by atoms with Crippen molar-refractivity contribution in [2.45, 2.75) is 64.2 Å². The average molecular weight is 447 g/mol. The van der Waals surface area contributed by atoms with Gasteiger partial charge in [0.1, 0.15) is 0 Å². The van der Waals surface area contributed by atoms with Crippen molar-refractivity contribution in [3.8, 4) is 0 Å². The van der Waals surface area contributed by atoms with Gasteiger partial charge in [-0.05, 0) is 43.7 Å². The summed E-state index contributed by atoms with van der Waals surface area (Å²) < 4.78 is 8.75.